The van der Waals surface area contributed by atoms with E-state index >= 15 is 0 Å². The zero-order chi connectivity index (χ0) is 25.9. The molecule has 0 spiro atoms. The summed E-state index contributed by atoms with van der Waals surface area (Å²) >= 11 is 5.42. The third kappa shape index (κ3) is 8.71. The Morgan fingerprint density at radius 2 is 1.75 bits per heavy atom. The number of nitrogens with zero attached hydrogens (tertiary/aromatic N) is 3. The number of carbonyl (C=O) groups excluding carboxylic acids is 2. The Morgan fingerprint density at radius 1 is 1.08 bits per heavy atom. The quantitative estimate of drug-likeness (QED) is 0.500. The van der Waals surface area contributed by atoms with Crippen molar-refractivity contribution >= 4 is 34.8 Å². The SMILES string of the molecule is CCC(=O)N1CCCC1.Cc1cccc(NC(=S)N[C@H]2CCCCN(CC(O)N3CCCC3)C2=O)c1. The molecule has 0 aromatic heterocycles. The number of likely N-dealkylation sites (tertiary alicyclic amines) is 3. The number of benzene rings is 1. The maximum absolute atomic E-state index is 13.0. The molecule has 8 nitrogen and oxygen atoms in total. The minimum atomic E-state index is -0.576. The van der Waals surface area contributed by atoms with Gasteiger partial charge in [-0.3, -0.25) is 14.5 Å². The number of rotatable bonds is 6. The van der Waals surface area contributed by atoms with Crippen LogP contribution in [0.25, 0.3) is 0 Å². The average Bonchev–Trinajstić information content (AvgIpc) is 3.57. The summed E-state index contributed by atoms with van der Waals surface area (Å²) in [4.78, 5) is 29.7. The van der Waals surface area contributed by atoms with Gasteiger partial charge >= 0.3 is 0 Å². The third-order valence-electron chi connectivity index (χ3n) is 7.07. The van der Waals surface area contributed by atoms with Gasteiger partial charge in [0.2, 0.25) is 11.8 Å². The summed E-state index contributed by atoms with van der Waals surface area (Å²) in [5.74, 6) is 0.339. The first-order valence-electron chi connectivity index (χ1n) is 13.5. The maximum atomic E-state index is 13.0. The Bertz CT molecular complexity index is 871. The number of amides is 2. The van der Waals surface area contributed by atoms with Gasteiger partial charge in [0.1, 0.15) is 12.3 Å². The van der Waals surface area contributed by atoms with Gasteiger partial charge in [-0.1, -0.05) is 19.1 Å². The van der Waals surface area contributed by atoms with E-state index < -0.39 is 6.23 Å². The van der Waals surface area contributed by atoms with E-state index in [0.29, 0.717) is 30.5 Å². The zero-order valence-corrected chi connectivity index (χ0v) is 22.7. The smallest absolute Gasteiger partial charge is 0.245 e. The number of aliphatic hydroxyl groups is 1. The van der Waals surface area contributed by atoms with E-state index in [1.807, 2.05) is 43.0 Å². The number of aryl methyl sites for hydroxylation is 1. The minimum absolute atomic E-state index is 0.0270. The number of hydrogen-bond acceptors (Lipinski definition) is 5. The number of thiocarbonyl (C=S) groups is 1. The van der Waals surface area contributed by atoms with Crippen LogP contribution in [0.15, 0.2) is 24.3 Å². The van der Waals surface area contributed by atoms with E-state index in [9.17, 15) is 14.7 Å². The number of nitrogens with one attached hydrogen (secondary N) is 2. The van der Waals surface area contributed by atoms with E-state index in [4.69, 9.17) is 12.2 Å². The molecule has 2 atom stereocenters. The van der Waals surface area contributed by atoms with Gasteiger partial charge in [-0.05, 0) is 81.8 Å². The second-order valence-corrected chi connectivity index (χ2v) is 10.4. The first-order valence-corrected chi connectivity index (χ1v) is 13.9. The molecule has 3 N–H and O–H groups in total. The summed E-state index contributed by atoms with van der Waals surface area (Å²) < 4.78 is 0. The lowest BCUT2D eigenvalue weighted by atomic mass is 10.1. The predicted molar refractivity (Wildman–Crippen MR) is 148 cm³/mol. The summed E-state index contributed by atoms with van der Waals surface area (Å²) in [6, 6.07) is 7.62. The van der Waals surface area contributed by atoms with Crippen LogP contribution in [-0.2, 0) is 9.59 Å². The average molecular weight is 518 g/mol. The van der Waals surface area contributed by atoms with Crippen LogP contribution >= 0.6 is 12.2 Å². The van der Waals surface area contributed by atoms with Crippen LogP contribution in [-0.4, -0.2) is 88.3 Å². The van der Waals surface area contributed by atoms with Crippen LogP contribution in [0.1, 0.15) is 63.9 Å². The second kappa shape index (κ2) is 14.5. The van der Waals surface area contributed by atoms with Crippen molar-refractivity contribution in [2.75, 3.05) is 44.6 Å². The van der Waals surface area contributed by atoms with Gasteiger partial charge in [-0.25, -0.2) is 0 Å². The van der Waals surface area contributed by atoms with Crippen LogP contribution in [0.3, 0.4) is 0 Å². The molecule has 3 saturated heterocycles. The molecule has 1 unspecified atom stereocenters. The first kappa shape index (κ1) is 28.3. The molecule has 200 valence electrons. The van der Waals surface area contributed by atoms with E-state index in [0.717, 1.165) is 69.5 Å². The number of aliphatic hydroxyl groups excluding tert-OH is 1. The van der Waals surface area contributed by atoms with Crippen molar-refractivity contribution in [2.24, 2.45) is 0 Å². The third-order valence-corrected chi connectivity index (χ3v) is 7.29. The molecule has 0 radical (unpaired) electrons. The topological polar surface area (TPSA) is 88.2 Å². The number of anilines is 1. The van der Waals surface area contributed by atoms with Gasteiger partial charge in [0.15, 0.2) is 5.11 Å². The molecular formula is C27H43N5O3S. The molecule has 3 aliphatic rings. The molecule has 1 aromatic rings. The maximum Gasteiger partial charge on any atom is 0.245 e. The van der Waals surface area contributed by atoms with Crippen molar-refractivity contribution in [3.63, 3.8) is 0 Å². The zero-order valence-electron chi connectivity index (χ0n) is 21.9. The molecule has 3 heterocycles. The Balaban J connectivity index is 0.000000338. The van der Waals surface area contributed by atoms with Crippen molar-refractivity contribution in [1.29, 1.82) is 0 Å². The van der Waals surface area contributed by atoms with E-state index in [1.165, 1.54) is 12.8 Å². The highest BCUT2D eigenvalue weighted by Gasteiger charge is 2.30. The Morgan fingerprint density at radius 3 is 2.42 bits per heavy atom. The second-order valence-electron chi connectivity index (χ2n) is 9.97. The van der Waals surface area contributed by atoms with Crippen LogP contribution in [0, 0.1) is 6.92 Å². The van der Waals surface area contributed by atoms with Crippen LogP contribution in [0.2, 0.25) is 0 Å². The normalized spacial score (nSPS) is 21.4. The van der Waals surface area contributed by atoms with Crippen LogP contribution < -0.4 is 10.6 Å². The summed E-state index contributed by atoms with van der Waals surface area (Å²) in [5, 5.41) is 17.3. The largest absolute Gasteiger partial charge is 0.376 e. The fraction of sp³-hybridized carbons (Fsp3) is 0.667. The Labute approximate surface area is 221 Å². The Hall–Kier alpha value is -2.23. The molecule has 0 aliphatic carbocycles. The fourth-order valence-electron chi connectivity index (χ4n) is 5.01. The van der Waals surface area contributed by atoms with E-state index in [1.54, 1.807) is 4.90 Å². The van der Waals surface area contributed by atoms with E-state index in [-0.39, 0.29) is 11.9 Å². The summed E-state index contributed by atoms with van der Waals surface area (Å²) in [6.45, 7) is 8.82. The lowest BCUT2D eigenvalue weighted by Gasteiger charge is -2.31. The monoisotopic (exact) mass is 517 g/mol. The van der Waals surface area contributed by atoms with Crippen molar-refractivity contribution in [1.82, 2.24) is 20.0 Å². The van der Waals surface area contributed by atoms with Gasteiger partial charge in [0.05, 0.1) is 6.54 Å². The number of β-amino-alcohol motifs (C(OH)–C–C–N with tert-alkyl or cyclic N) is 1. The number of hydrogen-bond donors (Lipinski definition) is 3. The predicted octanol–water partition coefficient (Wildman–Crippen LogP) is 3.10. The summed E-state index contributed by atoms with van der Waals surface area (Å²) in [7, 11) is 0. The van der Waals surface area contributed by atoms with Crippen molar-refractivity contribution < 1.29 is 14.7 Å². The molecule has 2 amide bonds. The van der Waals surface area contributed by atoms with E-state index in [2.05, 4.69) is 15.5 Å². The van der Waals surface area contributed by atoms with Crippen molar-refractivity contribution in [3.05, 3.63) is 29.8 Å². The van der Waals surface area contributed by atoms with Gasteiger partial charge in [0, 0.05) is 44.8 Å². The van der Waals surface area contributed by atoms with Crippen LogP contribution in [0.5, 0.6) is 0 Å². The molecule has 3 fully saturated rings. The van der Waals surface area contributed by atoms with Gasteiger partial charge in [0.25, 0.3) is 0 Å². The number of carbonyl (C=O) groups is 2. The van der Waals surface area contributed by atoms with Gasteiger partial charge in [-0.15, -0.1) is 0 Å². The lowest BCUT2D eigenvalue weighted by molar-refractivity contribution is -0.135. The molecule has 3 aliphatic heterocycles. The molecule has 1 aromatic carbocycles. The molecule has 0 bridgehead atoms. The molecule has 0 saturated carbocycles. The first-order chi connectivity index (χ1) is 17.4. The van der Waals surface area contributed by atoms with Gasteiger partial charge < -0.3 is 25.5 Å². The van der Waals surface area contributed by atoms with Crippen molar-refractivity contribution in [3.8, 4) is 0 Å². The molecule has 9 heteroatoms. The highest BCUT2D eigenvalue weighted by molar-refractivity contribution is 7.80. The fourth-order valence-corrected chi connectivity index (χ4v) is 5.27. The molecule has 36 heavy (non-hydrogen) atoms. The molecular weight excluding hydrogens is 474 g/mol. The summed E-state index contributed by atoms with van der Waals surface area (Å²) in [6.07, 6.45) is 7.40. The highest BCUT2D eigenvalue weighted by Crippen LogP contribution is 2.17. The Kier molecular flexibility index (Phi) is 11.4. The van der Waals surface area contributed by atoms with Gasteiger partial charge in [-0.2, -0.15) is 0 Å². The molecule has 4 rings (SSSR count). The van der Waals surface area contributed by atoms with Crippen LogP contribution in [0.4, 0.5) is 5.69 Å². The standard InChI is InChI=1S/C20H30N4O2S.C7H13NO/c1-15-7-6-8-16(13-15)21-20(27)22-17-9-2-3-12-24(19(17)26)14-18(25)23-10-4-5-11-23;1-2-7(9)8-5-3-4-6-8/h6-8,13,17-18,25H,2-5,9-12,14H2,1H3,(H2,21,22,27);2-6H2,1H3/t17-,18?;/m0./s1. The minimum Gasteiger partial charge on any atom is -0.376 e. The highest BCUT2D eigenvalue weighted by atomic mass is 32.1. The lowest BCUT2D eigenvalue weighted by Crippen LogP contribution is -2.52. The van der Waals surface area contributed by atoms with Crippen molar-refractivity contribution in [2.45, 2.75) is 77.5 Å². The summed E-state index contributed by atoms with van der Waals surface area (Å²) in [5.41, 5.74) is 2.06.